The normalized spacial score (nSPS) is 12.6. The lowest BCUT2D eigenvalue weighted by molar-refractivity contribution is 0.0772. The van der Waals surface area contributed by atoms with Crippen LogP contribution in [-0.4, -0.2) is 46.5 Å². The highest BCUT2D eigenvalue weighted by Gasteiger charge is 2.27. The molecule has 0 saturated heterocycles. The fourth-order valence-electron chi connectivity index (χ4n) is 1.79. The molecule has 2 amide bonds. The van der Waals surface area contributed by atoms with Crippen molar-refractivity contribution in [2.24, 2.45) is 10.7 Å². The second kappa shape index (κ2) is 5.16. The Kier molecular flexibility index (Phi) is 3.55. The molecule has 8 heteroatoms. The Balaban J connectivity index is 2.50. The van der Waals surface area contributed by atoms with Gasteiger partial charge in [-0.3, -0.25) is 9.79 Å². The van der Waals surface area contributed by atoms with Crippen LogP contribution in [0.3, 0.4) is 0 Å². The number of amidine groups is 1. The lowest BCUT2D eigenvalue weighted by Crippen LogP contribution is -2.33. The summed E-state index contributed by atoms with van der Waals surface area (Å²) in [6.45, 7) is 2.46. The molecule has 0 unspecified atom stereocenters. The van der Waals surface area contributed by atoms with E-state index in [1.807, 2.05) is 0 Å². The molecular formula is C12H14N4O4. The summed E-state index contributed by atoms with van der Waals surface area (Å²) in [6, 6.07) is 1.62. The fraction of sp³-hybridized carbons (Fsp3) is 0.333. The molecule has 106 valence electrons. The van der Waals surface area contributed by atoms with Crippen molar-refractivity contribution in [2.75, 3.05) is 13.7 Å². The number of aliphatic imine (C=N–C) groups is 1. The number of carbonyl (C=O) groups is 2. The largest absolute Gasteiger partial charge is 0.491 e. The van der Waals surface area contributed by atoms with Crippen LogP contribution < -0.4 is 10.5 Å². The van der Waals surface area contributed by atoms with E-state index in [9.17, 15) is 9.59 Å². The number of pyridine rings is 1. The minimum absolute atomic E-state index is 0.0875. The van der Waals surface area contributed by atoms with E-state index in [-0.39, 0.29) is 17.3 Å². The number of hydrogen-bond acceptors (Lipinski definition) is 6. The molecule has 0 saturated carbocycles. The second-order valence-corrected chi connectivity index (χ2v) is 4.12. The number of aromatic nitrogens is 1. The minimum Gasteiger partial charge on any atom is -0.491 e. The van der Waals surface area contributed by atoms with Crippen LogP contribution >= 0.6 is 0 Å². The highest BCUT2D eigenvalue weighted by atomic mass is 16.5. The molecule has 1 aromatic heterocycles. The average Bonchev–Trinajstić information content (AvgIpc) is 2.77. The minimum atomic E-state index is -1.37. The van der Waals surface area contributed by atoms with Crippen LogP contribution in [0.4, 0.5) is 4.79 Å². The molecule has 1 aliphatic heterocycles. The predicted octanol–water partition coefficient (Wildman–Crippen LogP) is 0.449. The molecular weight excluding hydrogens is 264 g/mol. The summed E-state index contributed by atoms with van der Waals surface area (Å²) in [4.78, 5) is 31.7. The smallest absolute Gasteiger partial charge is 0.414 e. The van der Waals surface area contributed by atoms with Crippen molar-refractivity contribution in [2.45, 2.75) is 13.5 Å². The first-order valence-corrected chi connectivity index (χ1v) is 5.93. The van der Waals surface area contributed by atoms with E-state index >= 15 is 0 Å². The fourth-order valence-corrected chi connectivity index (χ4v) is 1.79. The van der Waals surface area contributed by atoms with Gasteiger partial charge in [0.05, 0.1) is 13.2 Å². The van der Waals surface area contributed by atoms with Gasteiger partial charge in [0.1, 0.15) is 11.5 Å². The zero-order valence-corrected chi connectivity index (χ0v) is 11.1. The molecule has 0 spiro atoms. The summed E-state index contributed by atoms with van der Waals surface area (Å²) < 4.78 is 5.35. The Morgan fingerprint density at radius 1 is 1.55 bits per heavy atom. The zero-order chi connectivity index (χ0) is 14.9. The molecule has 0 bridgehead atoms. The Labute approximate surface area is 114 Å². The summed E-state index contributed by atoms with van der Waals surface area (Å²) in [5.74, 6) is -0.312. The predicted molar refractivity (Wildman–Crippen MR) is 70.0 cm³/mol. The average molecular weight is 278 g/mol. The van der Waals surface area contributed by atoms with Crippen LogP contribution in [-0.2, 0) is 6.54 Å². The third kappa shape index (κ3) is 2.27. The molecule has 0 radical (unpaired) electrons. The first-order chi connectivity index (χ1) is 9.45. The van der Waals surface area contributed by atoms with Crippen LogP contribution in [0.5, 0.6) is 5.75 Å². The summed E-state index contributed by atoms with van der Waals surface area (Å²) >= 11 is 0. The van der Waals surface area contributed by atoms with E-state index in [1.54, 1.807) is 13.0 Å². The van der Waals surface area contributed by atoms with Gasteiger partial charge in [-0.05, 0) is 13.0 Å². The van der Waals surface area contributed by atoms with Crippen molar-refractivity contribution >= 4 is 17.8 Å². The number of carboxylic acid groups (broad SMARTS) is 1. The van der Waals surface area contributed by atoms with Gasteiger partial charge >= 0.3 is 6.09 Å². The van der Waals surface area contributed by atoms with Gasteiger partial charge in [-0.15, -0.1) is 0 Å². The van der Waals surface area contributed by atoms with Gasteiger partial charge in [0.25, 0.3) is 5.91 Å². The molecule has 2 heterocycles. The standard InChI is InChI=1S/C12H14N4O4/c1-3-20-7-4-6-5-14-10(13)8(6)15-9(7)11(17)16(2)12(18)19/h4H,3,5H2,1-2H3,(H2,13,14)(H,18,19). The van der Waals surface area contributed by atoms with Crippen molar-refractivity contribution in [3.63, 3.8) is 0 Å². The number of nitrogens with two attached hydrogens (primary N) is 1. The van der Waals surface area contributed by atoms with Crippen molar-refractivity contribution in [1.29, 1.82) is 0 Å². The van der Waals surface area contributed by atoms with Crippen LogP contribution in [0.2, 0.25) is 0 Å². The van der Waals surface area contributed by atoms with Crippen molar-refractivity contribution < 1.29 is 19.4 Å². The monoisotopic (exact) mass is 278 g/mol. The summed E-state index contributed by atoms with van der Waals surface area (Å²) in [6.07, 6.45) is -1.37. The maximum absolute atomic E-state index is 12.1. The van der Waals surface area contributed by atoms with Crippen LogP contribution in [0.15, 0.2) is 11.1 Å². The quantitative estimate of drug-likeness (QED) is 0.828. The number of amides is 2. The third-order valence-electron chi connectivity index (χ3n) is 2.82. The number of carbonyl (C=O) groups excluding carboxylic acids is 1. The second-order valence-electron chi connectivity index (χ2n) is 4.12. The highest BCUT2D eigenvalue weighted by molar-refractivity contribution is 6.05. The van der Waals surface area contributed by atoms with Gasteiger partial charge in [0, 0.05) is 12.6 Å². The Morgan fingerprint density at radius 2 is 2.25 bits per heavy atom. The molecule has 3 N–H and O–H groups in total. The van der Waals surface area contributed by atoms with Gasteiger partial charge in [-0.25, -0.2) is 14.7 Å². The number of fused-ring (bicyclic) bond motifs is 1. The topological polar surface area (TPSA) is 118 Å². The van der Waals surface area contributed by atoms with Gasteiger partial charge in [-0.1, -0.05) is 0 Å². The van der Waals surface area contributed by atoms with Crippen molar-refractivity contribution in [3.8, 4) is 5.75 Å². The first-order valence-electron chi connectivity index (χ1n) is 5.93. The molecule has 8 nitrogen and oxygen atoms in total. The number of hydrogen-bond donors (Lipinski definition) is 2. The van der Waals surface area contributed by atoms with E-state index in [2.05, 4.69) is 9.98 Å². The Morgan fingerprint density at radius 3 is 2.85 bits per heavy atom. The number of nitrogens with zero attached hydrogens (tertiary/aromatic N) is 3. The molecule has 0 atom stereocenters. The third-order valence-corrected chi connectivity index (χ3v) is 2.82. The van der Waals surface area contributed by atoms with E-state index in [0.717, 1.165) is 12.6 Å². The number of rotatable bonds is 3. The lowest BCUT2D eigenvalue weighted by Gasteiger charge is -2.15. The SMILES string of the molecule is CCOc1cc2c(nc1C(=O)N(C)C(=O)O)C(N)=NC2. The van der Waals surface area contributed by atoms with E-state index in [0.29, 0.717) is 23.7 Å². The highest BCUT2D eigenvalue weighted by Crippen LogP contribution is 2.25. The van der Waals surface area contributed by atoms with Gasteiger partial charge in [-0.2, -0.15) is 0 Å². The zero-order valence-electron chi connectivity index (χ0n) is 11.1. The summed E-state index contributed by atoms with van der Waals surface area (Å²) in [5.41, 5.74) is 6.74. The van der Waals surface area contributed by atoms with Gasteiger partial charge in [0.15, 0.2) is 11.4 Å². The first kappa shape index (κ1) is 13.8. The van der Waals surface area contributed by atoms with E-state index in [4.69, 9.17) is 15.6 Å². The number of imide groups is 1. The van der Waals surface area contributed by atoms with Crippen LogP contribution in [0, 0.1) is 0 Å². The van der Waals surface area contributed by atoms with Crippen molar-refractivity contribution in [1.82, 2.24) is 9.88 Å². The molecule has 1 aromatic rings. The summed E-state index contributed by atoms with van der Waals surface area (Å²) in [7, 11) is 1.15. The maximum atomic E-state index is 12.1. The van der Waals surface area contributed by atoms with Crippen molar-refractivity contribution in [3.05, 3.63) is 23.0 Å². The molecule has 0 fully saturated rings. The molecule has 0 aromatic carbocycles. The maximum Gasteiger partial charge on any atom is 0.414 e. The molecule has 1 aliphatic rings. The number of ether oxygens (including phenoxy) is 1. The van der Waals surface area contributed by atoms with Gasteiger partial charge in [0.2, 0.25) is 0 Å². The lowest BCUT2D eigenvalue weighted by atomic mass is 10.1. The van der Waals surface area contributed by atoms with E-state index < -0.39 is 12.0 Å². The molecule has 2 rings (SSSR count). The molecule has 0 aliphatic carbocycles. The Bertz CT molecular complexity index is 612. The Hall–Kier alpha value is -2.64. The molecule has 20 heavy (non-hydrogen) atoms. The summed E-state index contributed by atoms with van der Waals surface area (Å²) in [5, 5.41) is 8.87. The van der Waals surface area contributed by atoms with E-state index in [1.165, 1.54) is 0 Å². The van der Waals surface area contributed by atoms with Crippen LogP contribution in [0.25, 0.3) is 0 Å². The van der Waals surface area contributed by atoms with Crippen LogP contribution in [0.1, 0.15) is 28.7 Å². The van der Waals surface area contributed by atoms with Gasteiger partial charge < -0.3 is 15.6 Å².